The molecule has 5 nitrogen and oxygen atoms in total. The van der Waals surface area contributed by atoms with Gasteiger partial charge >= 0.3 is 5.97 Å². The van der Waals surface area contributed by atoms with Crippen molar-refractivity contribution < 1.29 is 23.1 Å². The van der Waals surface area contributed by atoms with E-state index in [4.69, 9.17) is 11.5 Å². The van der Waals surface area contributed by atoms with E-state index in [1.807, 2.05) is 0 Å². The molecule has 1 aromatic rings. The number of nitrogens with two attached hydrogens (primary N) is 2. The maximum Gasteiger partial charge on any atom is 0.340 e. The highest BCUT2D eigenvalue weighted by molar-refractivity contribution is 5.95. The summed E-state index contributed by atoms with van der Waals surface area (Å²) in [6, 6.07) is 1.32. The highest BCUT2D eigenvalue weighted by atomic mass is 19.2. The Morgan fingerprint density at radius 3 is 2.41 bits per heavy atom. The number of halogens is 2. The second-order valence-corrected chi connectivity index (χ2v) is 3.21. The number of carbonyl (C=O) groups is 2. The van der Waals surface area contributed by atoms with Gasteiger partial charge in [-0.3, -0.25) is 4.79 Å². The molecule has 1 amide bonds. The number of anilines is 1. The maximum atomic E-state index is 12.9. The molecule has 0 fully saturated rings. The lowest BCUT2D eigenvalue weighted by Gasteiger charge is -2.06. The molecule has 0 aromatic heterocycles. The number of benzene rings is 1. The van der Waals surface area contributed by atoms with Crippen LogP contribution in [0.5, 0.6) is 0 Å². The average Bonchev–Trinajstić information content (AvgIpc) is 2.22. The van der Waals surface area contributed by atoms with E-state index < -0.39 is 23.5 Å². The Balaban J connectivity index is 2.75. The van der Waals surface area contributed by atoms with E-state index in [9.17, 15) is 18.4 Å². The molecule has 7 heteroatoms. The first kappa shape index (κ1) is 12.9. The van der Waals surface area contributed by atoms with Crippen molar-refractivity contribution in [3.05, 3.63) is 29.3 Å². The van der Waals surface area contributed by atoms with Crippen LogP contribution in [0.1, 0.15) is 16.8 Å². The van der Waals surface area contributed by atoms with Crippen LogP contribution < -0.4 is 11.5 Å². The van der Waals surface area contributed by atoms with Gasteiger partial charge in [-0.05, 0) is 6.07 Å². The number of esters is 1. The van der Waals surface area contributed by atoms with Crippen LogP contribution in [-0.2, 0) is 9.53 Å². The third kappa shape index (κ3) is 3.40. The van der Waals surface area contributed by atoms with Crippen molar-refractivity contribution in [2.75, 3.05) is 12.3 Å². The minimum atomic E-state index is -1.21. The van der Waals surface area contributed by atoms with E-state index in [0.29, 0.717) is 12.1 Å². The van der Waals surface area contributed by atoms with Crippen molar-refractivity contribution in [1.29, 1.82) is 0 Å². The SMILES string of the molecule is NC(=O)CCOC(=O)c1cc(F)c(F)cc1N. The molecule has 17 heavy (non-hydrogen) atoms. The molecule has 0 aliphatic rings. The van der Waals surface area contributed by atoms with E-state index >= 15 is 0 Å². The predicted octanol–water partition coefficient (Wildman–Crippen LogP) is 0.579. The summed E-state index contributed by atoms with van der Waals surface area (Å²) in [7, 11) is 0. The Morgan fingerprint density at radius 2 is 1.82 bits per heavy atom. The fourth-order valence-corrected chi connectivity index (χ4v) is 1.06. The van der Waals surface area contributed by atoms with E-state index in [1.165, 1.54) is 0 Å². The second kappa shape index (κ2) is 5.24. The smallest absolute Gasteiger partial charge is 0.340 e. The van der Waals surface area contributed by atoms with Crippen LogP contribution >= 0.6 is 0 Å². The molecule has 0 spiro atoms. The van der Waals surface area contributed by atoms with Crippen molar-refractivity contribution in [1.82, 2.24) is 0 Å². The molecular formula is C10H10F2N2O3. The fraction of sp³-hybridized carbons (Fsp3) is 0.200. The number of rotatable bonds is 4. The van der Waals surface area contributed by atoms with E-state index in [1.54, 1.807) is 0 Å². The lowest BCUT2D eigenvalue weighted by Crippen LogP contribution is -2.16. The Labute approximate surface area is 95.3 Å². The highest BCUT2D eigenvalue weighted by Crippen LogP contribution is 2.17. The quantitative estimate of drug-likeness (QED) is 0.598. The number of carbonyl (C=O) groups excluding carboxylic acids is 2. The largest absolute Gasteiger partial charge is 0.461 e. The Bertz CT molecular complexity index is 463. The van der Waals surface area contributed by atoms with Crippen LogP contribution in [0.15, 0.2) is 12.1 Å². The third-order valence-corrected chi connectivity index (χ3v) is 1.89. The molecule has 0 aliphatic heterocycles. The second-order valence-electron chi connectivity index (χ2n) is 3.21. The van der Waals surface area contributed by atoms with Crippen molar-refractivity contribution in [3.63, 3.8) is 0 Å². The molecule has 0 radical (unpaired) electrons. The summed E-state index contributed by atoms with van der Waals surface area (Å²) in [5.41, 5.74) is 9.61. The first-order valence-corrected chi connectivity index (χ1v) is 4.61. The zero-order valence-corrected chi connectivity index (χ0v) is 8.70. The van der Waals surface area contributed by atoms with Gasteiger partial charge in [-0.25, -0.2) is 13.6 Å². The summed E-state index contributed by atoms with van der Waals surface area (Å²) in [6.07, 6.45) is -0.157. The lowest BCUT2D eigenvalue weighted by atomic mass is 10.1. The number of primary amides is 1. The van der Waals surface area contributed by atoms with E-state index in [-0.39, 0.29) is 24.3 Å². The van der Waals surface area contributed by atoms with Gasteiger partial charge in [0.1, 0.15) is 6.61 Å². The summed E-state index contributed by atoms with van der Waals surface area (Å²) >= 11 is 0. The lowest BCUT2D eigenvalue weighted by molar-refractivity contribution is -0.118. The number of hydrogen-bond acceptors (Lipinski definition) is 4. The maximum absolute atomic E-state index is 12.9. The van der Waals surface area contributed by atoms with Crippen LogP contribution in [0.2, 0.25) is 0 Å². The van der Waals surface area contributed by atoms with Gasteiger partial charge in [-0.15, -0.1) is 0 Å². The minimum Gasteiger partial charge on any atom is -0.461 e. The first-order chi connectivity index (χ1) is 7.91. The number of ether oxygens (including phenoxy) is 1. The summed E-state index contributed by atoms with van der Waals surface area (Å²) in [5, 5.41) is 0. The molecule has 1 aromatic carbocycles. The van der Waals surface area contributed by atoms with Crippen molar-refractivity contribution in [3.8, 4) is 0 Å². The van der Waals surface area contributed by atoms with Crippen LogP contribution in [0.4, 0.5) is 14.5 Å². The molecule has 0 bridgehead atoms. The van der Waals surface area contributed by atoms with E-state index in [2.05, 4.69) is 4.74 Å². The van der Waals surface area contributed by atoms with Gasteiger partial charge in [0.15, 0.2) is 11.6 Å². The van der Waals surface area contributed by atoms with Crippen molar-refractivity contribution in [2.24, 2.45) is 5.73 Å². The third-order valence-electron chi connectivity index (χ3n) is 1.89. The highest BCUT2D eigenvalue weighted by Gasteiger charge is 2.15. The van der Waals surface area contributed by atoms with Gasteiger partial charge < -0.3 is 16.2 Å². The zero-order valence-electron chi connectivity index (χ0n) is 8.70. The molecule has 0 saturated carbocycles. The van der Waals surface area contributed by atoms with Crippen molar-refractivity contribution >= 4 is 17.6 Å². The van der Waals surface area contributed by atoms with Crippen LogP contribution in [0.25, 0.3) is 0 Å². The fourth-order valence-electron chi connectivity index (χ4n) is 1.06. The summed E-state index contributed by atoms with van der Waals surface area (Å²) in [4.78, 5) is 21.7. The minimum absolute atomic E-state index is 0.157. The van der Waals surface area contributed by atoms with E-state index in [0.717, 1.165) is 0 Å². The summed E-state index contributed by atoms with van der Waals surface area (Å²) in [5.74, 6) is -3.95. The molecule has 92 valence electrons. The molecule has 1 rings (SSSR count). The van der Waals surface area contributed by atoms with Gasteiger partial charge in [0, 0.05) is 11.8 Å². The first-order valence-electron chi connectivity index (χ1n) is 4.61. The molecule has 0 saturated heterocycles. The molecule has 0 atom stereocenters. The monoisotopic (exact) mass is 244 g/mol. The molecule has 4 N–H and O–H groups in total. The molecular weight excluding hydrogens is 234 g/mol. The van der Waals surface area contributed by atoms with Gasteiger partial charge in [0.05, 0.1) is 12.0 Å². The zero-order chi connectivity index (χ0) is 13.0. The average molecular weight is 244 g/mol. The Kier molecular flexibility index (Phi) is 3.97. The number of amides is 1. The van der Waals surface area contributed by atoms with Crippen molar-refractivity contribution in [2.45, 2.75) is 6.42 Å². The summed E-state index contributed by atoms with van der Waals surface area (Å²) in [6.45, 7) is -0.243. The molecule has 0 unspecified atom stereocenters. The van der Waals surface area contributed by atoms with Gasteiger partial charge in [-0.2, -0.15) is 0 Å². The standard InChI is InChI=1S/C10H10F2N2O3/c11-6-3-5(8(13)4-7(6)12)10(16)17-2-1-9(14)15/h3-4H,1-2,13H2,(H2,14,15). The number of hydrogen-bond donors (Lipinski definition) is 2. The molecule has 0 heterocycles. The normalized spacial score (nSPS) is 10.0. The Morgan fingerprint density at radius 1 is 1.24 bits per heavy atom. The van der Waals surface area contributed by atoms with Gasteiger partial charge in [0.2, 0.25) is 5.91 Å². The predicted molar refractivity (Wildman–Crippen MR) is 54.9 cm³/mol. The van der Waals surface area contributed by atoms with Crippen LogP contribution in [-0.4, -0.2) is 18.5 Å². The Hall–Kier alpha value is -2.18. The molecule has 0 aliphatic carbocycles. The topological polar surface area (TPSA) is 95.4 Å². The number of nitrogen functional groups attached to an aromatic ring is 1. The van der Waals surface area contributed by atoms with Gasteiger partial charge in [-0.1, -0.05) is 0 Å². The van der Waals surface area contributed by atoms with Gasteiger partial charge in [0.25, 0.3) is 0 Å². The van der Waals surface area contributed by atoms with Crippen LogP contribution in [0.3, 0.4) is 0 Å². The van der Waals surface area contributed by atoms with Crippen LogP contribution in [0, 0.1) is 11.6 Å². The summed E-state index contributed by atoms with van der Waals surface area (Å²) < 4.78 is 30.2.